The average Bonchev–Trinajstić information content (AvgIpc) is 2.68. The maximum atomic E-state index is 10.6. The number of hydrogen-bond donors (Lipinski definition) is 5. The highest BCUT2D eigenvalue weighted by Crippen LogP contribution is 2.24. The number of methoxy groups -OCH3 is 1. The molecule has 0 fully saturated rings. The lowest BCUT2D eigenvalue weighted by atomic mass is 10.1. The third-order valence-electron chi connectivity index (χ3n) is 4.04. The number of benzene rings is 2. The summed E-state index contributed by atoms with van der Waals surface area (Å²) in [4.78, 5) is 8.90. The molecule has 166 valence electrons. The molecule has 0 heterocycles. The van der Waals surface area contributed by atoms with Crippen molar-refractivity contribution in [2.75, 3.05) is 19.4 Å². The molecule has 7 nitrogen and oxygen atoms in total. The number of carboxylic acids is 1. The summed E-state index contributed by atoms with van der Waals surface area (Å²) >= 11 is 0. The number of aliphatic hydroxyl groups excluding tert-OH is 1. The van der Waals surface area contributed by atoms with E-state index in [1.807, 2.05) is 24.3 Å². The van der Waals surface area contributed by atoms with E-state index >= 15 is 0 Å². The number of alkyl halides is 3. The molecule has 0 radical (unpaired) electrons. The molecule has 2 aromatic carbocycles. The van der Waals surface area contributed by atoms with Gasteiger partial charge in [-0.1, -0.05) is 18.2 Å². The molecule has 2 rings (SSSR count). The summed E-state index contributed by atoms with van der Waals surface area (Å²) in [5.41, 5.74) is 7.81. The van der Waals surface area contributed by atoms with Gasteiger partial charge in [0.1, 0.15) is 11.5 Å². The molecule has 0 amide bonds. The van der Waals surface area contributed by atoms with Crippen molar-refractivity contribution in [2.45, 2.75) is 31.7 Å². The molecule has 6 N–H and O–H groups in total. The van der Waals surface area contributed by atoms with Crippen LogP contribution in [0.1, 0.15) is 24.2 Å². The second kappa shape index (κ2) is 11.3. The van der Waals surface area contributed by atoms with Gasteiger partial charge in [0.15, 0.2) is 0 Å². The number of aromatic hydroxyl groups is 1. The van der Waals surface area contributed by atoms with Gasteiger partial charge in [0.25, 0.3) is 0 Å². The second-order valence-electron chi connectivity index (χ2n) is 6.50. The minimum atomic E-state index is -5.08. The minimum Gasteiger partial charge on any atom is -0.506 e. The van der Waals surface area contributed by atoms with Crippen LogP contribution < -0.4 is 15.8 Å². The second-order valence-corrected chi connectivity index (χ2v) is 6.50. The van der Waals surface area contributed by atoms with Gasteiger partial charge in [0.05, 0.1) is 18.9 Å². The largest absolute Gasteiger partial charge is 0.506 e. The monoisotopic (exact) mass is 430 g/mol. The lowest BCUT2D eigenvalue weighted by Gasteiger charge is -2.18. The molecular weight excluding hydrogens is 405 g/mol. The molecule has 0 aliphatic carbocycles. The van der Waals surface area contributed by atoms with Crippen LogP contribution in [0.15, 0.2) is 42.5 Å². The number of phenolic OH excluding ortho intramolecular Hbond substituents is 1. The summed E-state index contributed by atoms with van der Waals surface area (Å²) in [6.07, 6.45) is -4.90. The Morgan fingerprint density at radius 1 is 1.20 bits per heavy atom. The Labute approximate surface area is 171 Å². The van der Waals surface area contributed by atoms with Crippen molar-refractivity contribution in [3.8, 4) is 11.5 Å². The van der Waals surface area contributed by atoms with Gasteiger partial charge in [-0.15, -0.1) is 0 Å². The van der Waals surface area contributed by atoms with Gasteiger partial charge < -0.3 is 31.1 Å². The predicted octanol–water partition coefficient (Wildman–Crippen LogP) is 2.87. The van der Waals surface area contributed by atoms with Gasteiger partial charge in [0, 0.05) is 12.6 Å². The first-order chi connectivity index (χ1) is 13.9. The van der Waals surface area contributed by atoms with E-state index in [2.05, 4.69) is 12.2 Å². The third-order valence-corrected chi connectivity index (χ3v) is 4.04. The summed E-state index contributed by atoms with van der Waals surface area (Å²) < 4.78 is 36.9. The summed E-state index contributed by atoms with van der Waals surface area (Å²) in [6, 6.07) is 12.9. The van der Waals surface area contributed by atoms with Crippen molar-refractivity contribution < 1.29 is 38.0 Å². The highest BCUT2D eigenvalue weighted by molar-refractivity contribution is 5.73. The molecule has 0 saturated carbocycles. The SMILES string of the molecule is COc1ccc(CC(C)NCC(O)c2ccc(O)c(N)c2)cc1.O=C(O)C(F)(F)F. The Morgan fingerprint density at radius 3 is 2.23 bits per heavy atom. The number of hydrogen-bond acceptors (Lipinski definition) is 6. The van der Waals surface area contributed by atoms with Gasteiger partial charge in [-0.3, -0.25) is 0 Å². The smallest absolute Gasteiger partial charge is 0.490 e. The van der Waals surface area contributed by atoms with E-state index in [4.69, 9.17) is 20.4 Å². The Hall–Kier alpha value is -2.98. The fourth-order valence-corrected chi connectivity index (χ4v) is 2.40. The van der Waals surface area contributed by atoms with Crippen LogP contribution in [0, 0.1) is 0 Å². The number of nitrogens with one attached hydrogen (secondary N) is 1. The lowest BCUT2D eigenvalue weighted by Crippen LogP contribution is -2.32. The topological polar surface area (TPSA) is 125 Å². The first kappa shape index (κ1) is 25.1. The van der Waals surface area contributed by atoms with Crippen LogP contribution in [0.25, 0.3) is 0 Å². The van der Waals surface area contributed by atoms with Crippen molar-refractivity contribution in [2.24, 2.45) is 0 Å². The first-order valence-electron chi connectivity index (χ1n) is 8.87. The number of rotatable bonds is 7. The number of aliphatic carboxylic acids is 1. The zero-order valence-electron chi connectivity index (χ0n) is 16.5. The number of ether oxygens (including phenoxy) is 1. The molecule has 0 saturated heterocycles. The van der Waals surface area contributed by atoms with E-state index in [1.54, 1.807) is 19.2 Å². The van der Waals surface area contributed by atoms with Gasteiger partial charge in [-0.05, 0) is 48.7 Å². The van der Waals surface area contributed by atoms with Crippen molar-refractivity contribution in [1.29, 1.82) is 0 Å². The molecule has 2 unspecified atom stereocenters. The van der Waals surface area contributed by atoms with Crippen LogP contribution in [0.4, 0.5) is 18.9 Å². The molecule has 0 bridgehead atoms. The normalized spacial score (nSPS) is 13.0. The van der Waals surface area contributed by atoms with Crippen molar-refractivity contribution in [3.05, 3.63) is 53.6 Å². The van der Waals surface area contributed by atoms with E-state index in [1.165, 1.54) is 11.6 Å². The maximum Gasteiger partial charge on any atom is 0.490 e. The van der Waals surface area contributed by atoms with E-state index in [-0.39, 0.29) is 17.5 Å². The summed E-state index contributed by atoms with van der Waals surface area (Å²) in [7, 11) is 1.65. The number of anilines is 1. The summed E-state index contributed by atoms with van der Waals surface area (Å²) in [6.45, 7) is 2.49. The minimum absolute atomic E-state index is 0.0294. The zero-order chi connectivity index (χ0) is 22.9. The van der Waals surface area contributed by atoms with Gasteiger partial charge in [-0.25, -0.2) is 4.79 Å². The average molecular weight is 430 g/mol. The molecule has 0 aliphatic rings. The van der Waals surface area contributed by atoms with Gasteiger partial charge >= 0.3 is 12.1 Å². The standard InChI is InChI=1S/C18H24N2O3.C2HF3O2/c1-12(9-13-3-6-15(23-2)7-4-13)20-11-18(22)14-5-8-17(21)16(19)10-14;3-2(4,5)1(6)7/h3-8,10,12,18,20-22H,9,11,19H2,1-2H3;(H,6,7). The quantitative estimate of drug-likeness (QED) is 0.338. The Kier molecular flexibility index (Phi) is 9.41. The van der Waals surface area contributed by atoms with Crippen molar-refractivity contribution in [3.63, 3.8) is 0 Å². The maximum absolute atomic E-state index is 10.6. The summed E-state index contributed by atoms with van der Waals surface area (Å²) in [5.74, 6) is -1.89. The van der Waals surface area contributed by atoms with Crippen molar-refractivity contribution >= 4 is 11.7 Å². The molecule has 2 aromatic rings. The fraction of sp³-hybridized carbons (Fsp3) is 0.350. The molecule has 30 heavy (non-hydrogen) atoms. The molecule has 0 aromatic heterocycles. The van der Waals surface area contributed by atoms with E-state index in [9.17, 15) is 23.4 Å². The zero-order valence-corrected chi connectivity index (χ0v) is 16.5. The van der Waals surface area contributed by atoms with Crippen LogP contribution in [-0.4, -0.2) is 47.2 Å². The number of nitrogens with two attached hydrogens (primary N) is 1. The fourth-order valence-electron chi connectivity index (χ4n) is 2.40. The lowest BCUT2D eigenvalue weighted by molar-refractivity contribution is -0.192. The highest BCUT2D eigenvalue weighted by atomic mass is 19.4. The van der Waals surface area contributed by atoms with Gasteiger partial charge in [-0.2, -0.15) is 13.2 Å². The number of carboxylic acid groups (broad SMARTS) is 1. The van der Waals surface area contributed by atoms with Crippen LogP contribution in [0.2, 0.25) is 0 Å². The number of phenols is 1. The molecule has 0 aliphatic heterocycles. The number of nitrogen functional groups attached to an aromatic ring is 1. The molecule has 10 heteroatoms. The Balaban J connectivity index is 0.000000553. The molecule has 2 atom stereocenters. The third kappa shape index (κ3) is 8.58. The number of halogens is 3. The highest BCUT2D eigenvalue weighted by Gasteiger charge is 2.38. The van der Waals surface area contributed by atoms with Crippen LogP contribution in [-0.2, 0) is 11.2 Å². The Morgan fingerprint density at radius 2 is 1.77 bits per heavy atom. The van der Waals surface area contributed by atoms with Crippen LogP contribution in [0.5, 0.6) is 11.5 Å². The molecule has 0 spiro atoms. The molecular formula is C20H25F3N2O5. The van der Waals surface area contributed by atoms with Gasteiger partial charge in [0.2, 0.25) is 0 Å². The number of aliphatic hydroxyl groups is 1. The summed E-state index contributed by atoms with van der Waals surface area (Å²) in [5, 5.41) is 30.0. The van der Waals surface area contributed by atoms with E-state index in [0.717, 1.165) is 12.2 Å². The van der Waals surface area contributed by atoms with Crippen LogP contribution in [0.3, 0.4) is 0 Å². The first-order valence-corrected chi connectivity index (χ1v) is 8.87. The van der Waals surface area contributed by atoms with Crippen molar-refractivity contribution in [1.82, 2.24) is 5.32 Å². The predicted molar refractivity (Wildman–Crippen MR) is 105 cm³/mol. The Bertz CT molecular complexity index is 813. The number of carbonyl (C=O) groups is 1. The van der Waals surface area contributed by atoms with E-state index < -0.39 is 18.2 Å². The van der Waals surface area contributed by atoms with E-state index in [0.29, 0.717) is 12.1 Å². The van der Waals surface area contributed by atoms with Crippen LogP contribution >= 0.6 is 0 Å².